The number of halogens is 4. The Bertz CT molecular complexity index is 1550. The first-order chi connectivity index (χ1) is 19.2. The molecule has 2 heterocycles. The molecular formula is C28H24F4N6O2. The molecule has 206 valence electrons. The fourth-order valence-electron chi connectivity index (χ4n) is 4.39. The number of allylic oxidation sites excluding steroid dienone is 1. The zero-order valence-corrected chi connectivity index (χ0v) is 21.2. The van der Waals surface area contributed by atoms with Gasteiger partial charge in [0.05, 0.1) is 17.6 Å². The Morgan fingerprint density at radius 3 is 2.70 bits per heavy atom. The van der Waals surface area contributed by atoms with Crippen LogP contribution < -0.4 is 10.1 Å². The smallest absolute Gasteiger partial charge is 0.406 e. The number of rotatable bonds is 10. The Morgan fingerprint density at radius 1 is 1.02 bits per heavy atom. The van der Waals surface area contributed by atoms with Crippen molar-refractivity contribution in [3.8, 4) is 5.75 Å². The van der Waals surface area contributed by atoms with Gasteiger partial charge < -0.3 is 10.1 Å². The largest absolute Gasteiger partial charge is 0.573 e. The van der Waals surface area contributed by atoms with Gasteiger partial charge in [-0.3, -0.25) is 9.48 Å². The third-order valence-corrected chi connectivity index (χ3v) is 6.29. The normalized spacial score (nSPS) is 12.7. The molecule has 40 heavy (non-hydrogen) atoms. The second kappa shape index (κ2) is 11.6. The van der Waals surface area contributed by atoms with E-state index in [4.69, 9.17) is 0 Å². The van der Waals surface area contributed by atoms with Crippen molar-refractivity contribution in [2.45, 2.75) is 45.1 Å². The Balaban J connectivity index is 1.08. The molecule has 5 rings (SSSR count). The maximum absolute atomic E-state index is 14.2. The molecule has 1 aliphatic rings. The lowest BCUT2D eigenvalue weighted by atomic mass is 10.0. The number of unbranched alkanes of at least 4 members (excludes halogenated alkanes) is 1. The minimum atomic E-state index is -4.79. The van der Waals surface area contributed by atoms with E-state index in [1.165, 1.54) is 30.5 Å². The molecule has 0 spiro atoms. The van der Waals surface area contributed by atoms with Gasteiger partial charge in [-0.1, -0.05) is 35.5 Å². The number of fused-ring (bicyclic) bond motifs is 1. The molecule has 2 aromatic heterocycles. The SMILES string of the molecule is O=C(NCc1cccc(OC(F)(F)F)c1)c1cn(CCCCc2cc3c(nn2)CC(c2ccccc2F)=C3)nn1. The lowest BCUT2D eigenvalue weighted by molar-refractivity contribution is -0.274. The van der Waals surface area contributed by atoms with E-state index in [1.54, 1.807) is 22.9 Å². The minimum absolute atomic E-state index is 0.000461. The number of aromatic nitrogens is 5. The van der Waals surface area contributed by atoms with Crippen molar-refractivity contribution < 1.29 is 27.1 Å². The number of carbonyl (C=O) groups is 1. The maximum Gasteiger partial charge on any atom is 0.573 e. The molecule has 12 heteroatoms. The first-order valence-electron chi connectivity index (χ1n) is 12.6. The molecule has 0 saturated heterocycles. The van der Waals surface area contributed by atoms with Gasteiger partial charge in [-0.25, -0.2) is 4.39 Å². The summed E-state index contributed by atoms with van der Waals surface area (Å²) in [6, 6.07) is 14.0. The van der Waals surface area contributed by atoms with Crippen LogP contribution >= 0.6 is 0 Å². The van der Waals surface area contributed by atoms with E-state index in [0.29, 0.717) is 30.5 Å². The number of nitrogens with zero attached hydrogens (tertiary/aromatic N) is 5. The van der Waals surface area contributed by atoms with Gasteiger partial charge in [0, 0.05) is 30.6 Å². The predicted octanol–water partition coefficient (Wildman–Crippen LogP) is 5.16. The molecule has 1 N–H and O–H groups in total. The summed E-state index contributed by atoms with van der Waals surface area (Å²) in [5.41, 5.74) is 4.63. The number of alkyl halides is 3. The summed E-state index contributed by atoms with van der Waals surface area (Å²) in [5, 5.41) is 19.1. The molecule has 2 aromatic carbocycles. The van der Waals surface area contributed by atoms with Crippen LogP contribution in [0.2, 0.25) is 0 Å². The quantitative estimate of drug-likeness (QED) is 0.216. The lowest BCUT2D eigenvalue weighted by Crippen LogP contribution is -2.23. The summed E-state index contributed by atoms with van der Waals surface area (Å²) in [4.78, 5) is 12.4. The van der Waals surface area contributed by atoms with Crippen LogP contribution in [0.4, 0.5) is 17.6 Å². The van der Waals surface area contributed by atoms with Crippen molar-refractivity contribution >= 4 is 17.6 Å². The van der Waals surface area contributed by atoms with Crippen LogP contribution in [-0.2, 0) is 25.9 Å². The summed E-state index contributed by atoms with van der Waals surface area (Å²) in [6.45, 7) is 0.534. The molecule has 0 saturated carbocycles. The number of hydrogen-bond donors (Lipinski definition) is 1. The van der Waals surface area contributed by atoms with Gasteiger partial charge in [0.25, 0.3) is 5.91 Å². The molecule has 0 aliphatic heterocycles. The zero-order chi connectivity index (χ0) is 28.1. The number of benzene rings is 2. The highest BCUT2D eigenvalue weighted by atomic mass is 19.4. The monoisotopic (exact) mass is 552 g/mol. The van der Waals surface area contributed by atoms with Gasteiger partial charge in [-0.15, -0.1) is 18.3 Å². The first-order valence-corrected chi connectivity index (χ1v) is 12.6. The van der Waals surface area contributed by atoms with Gasteiger partial charge in [0.15, 0.2) is 5.69 Å². The van der Waals surface area contributed by atoms with E-state index in [2.05, 4.69) is 30.6 Å². The Hall–Kier alpha value is -4.61. The molecule has 8 nitrogen and oxygen atoms in total. The molecule has 0 radical (unpaired) electrons. The fourth-order valence-corrected chi connectivity index (χ4v) is 4.39. The highest BCUT2D eigenvalue weighted by Gasteiger charge is 2.31. The third-order valence-electron chi connectivity index (χ3n) is 6.29. The molecule has 0 fully saturated rings. The molecule has 0 atom stereocenters. The van der Waals surface area contributed by atoms with Crippen molar-refractivity contribution in [3.05, 3.63) is 100 Å². The number of hydrogen-bond acceptors (Lipinski definition) is 6. The second-order valence-corrected chi connectivity index (χ2v) is 9.27. The molecule has 1 aliphatic carbocycles. The second-order valence-electron chi connectivity index (χ2n) is 9.27. The Morgan fingerprint density at radius 2 is 1.88 bits per heavy atom. The van der Waals surface area contributed by atoms with Crippen molar-refractivity contribution in [3.63, 3.8) is 0 Å². The topological polar surface area (TPSA) is 94.8 Å². The minimum Gasteiger partial charge on any atom is -0.406 e. The number of aryl methyl sites for hydroxylation is 2. The number of carbonyl (C=O) groups excluding carboxylic acids is 1. The number of nitrogens with one attached hydrogen (secondary N) is 1. The molecule has 4 aromatic rings. The molecule has 0 unspecified atom stereocenters. The van der Waals surface area contributed by atoms with Crippen LogP contribution in [0.5, 0.6) is 5.75 Å². The Kier molecular flexibility index (Phi) is 7.85. The summed E-state index contributed by atoms with van der Waals surface area (Å²) in [5.74, 6) is -1.11. The molecular weight excluding hydrogens is 528 g/mol. The number of ether oxygens (including phenoxy) is 1. The van der Waals surface area contributed by atoms with E-state index in [0.717, 1.165) is 35.4 Å². The van der Waals surface area contributed by atoms with Crippen molar-refractivity contribution in [1.82, 2.24) is 30.5 Å². The van der Waals surface area contributed by atoms with Gasteiger partial charge >= 0.3 is 6.36 Å². The first kappa shape index (κ1) is 27.0. The van der Waals surface area contributed by atoms with Gasteiger partial charge in [-0.2, -0.15) is 10.2 Å². The van der Waals surface area contributed by atoms with E-state index >= 15 is 0 Å². The van der Waals surface area contributed by atoms with E-state index in [1.807, 2.05) is 18.2 Å². The van der Waals surface area contributed by atoms with Crippen molar-refractivity contribution in [2.24, 2.45) is 0 Å². The average molecular weight is 553 g/mol. The summed E-state index contributed by atoms with van der Waals surface area (Å²) < 4.78 is 56.8. The van der Waals surface area contributed by atoms with Crippen molar-refractivity contribution in [2.75, 3.05) is 0 Å². The average Bonchev–Trinajstić information content (AvgIpc) is 3.56. The van der Waals surface area contributed by atoms with Crippen LogP contribution in [-0.4, -0.2) is 37.5 Å². The standard InChI is InChI=1S/C28H24F4N6O2/c29-24-10-2-1-9-23(24)19-13-20-14-21(34-35-25(20)15-19)7-3-4-11-38-17-26(36-37-38)27(39)33-16-18-6-5-8-22(12-18)40-28(30,31)32/h1-2,5-6,8-10,12-14,17H,3-4,7,11,15-16H2,(H,33,39). The highest BCUT2D eigenvalue weighted by molar-refractivity contribution is 5.91. The maximum atomic E-state index is 14.2. The van der Waals surface area contributed by atoms with Crippen LogP contribution in [0.15, 0.2) is 60.8 Å². The van der Waals surface area contributed by atoms with Gasteiger partial charge in [0.1, 0.15) is 11.6 Å². The lowest BCUT2D eigenvalue weighted by Gasteiger charge is -2.10. The highest BCUT2D eigenvalue weighted by Crippen LogP contribution is 2.31. The van der Waals surface area contributed by atoms with Gasteiger partial charge in [-0.05, 0) is 60.7 Å². The summed E-state index contributed by atoms with van der Waals surface area (Å²) in [6.07, 6.45) is 1.48. The molecule has 0 bridgehead atoms. The Labute approximate surface area is 226 Å². The van der Waals surface area contributed by atoms with Crippen LogP contribution in [0.1, 0.15) is 51.4 Å². The van der Waals surface area contributed by atoms with Crippen molar-refractivity contribution in [1.29, 1.82) is 0 Å². The predicted molar refractivity (Wildman–Crippen MR) is 137 cm³/mol. The van der Waals surface area contributed by atoms with E-state index < -0.39 is 12.3 Å². The summed E-state index contributed by atoms with van der Waals surface area (Å²) in [7, 11) is 0. The third kappa shape index (κ3) is 6.87. The summed E-state index contributed by atoms with van der Waals surface area (Å²) >= 11 is 0. The zero-order valence-electron chi connectivity index (χ0n) is 21.2. The van der Waals surface area contributed by atoms with Crippen LogP contribution in [0.25, 0.3) is 11.6 Å². The fraction of sp³-hybridized carbons (Fsp3) is 0.250. The van der Waals surface area contributed by atoms with E-state index in [-0.39, 0.29) is 23.8 Å². The molecule has 1 amide bonds. The number of amides is 1. The van der Waals surface area contributed by atoms with E-state index in [9.17, 15) is 22.4 Å². The van der Waals surface area contributed by atoms with Gasteiger partial charge in [0.2, 0.25) is 0 Å². The van der Waals surface area contributed by atoms with Crippen LogP contribution in [0.3, 0.4) is 0 Å². The van der Waals surface area contributed by atoms with Crippen LogP contribution in [0, 0.1) is 5.82 Å².